The normalized spacial score (nSPS) is 15.9. The third-order valence-corrected chi connectivity index (χ3v) is 3.16. The highest BCUT2D eigenvalue weighted by Gasteiger charge is 2.38. The fraction of sp³-hybridized carbons (Fsp3) is 0.143. The van der Waals surface area contributed by atoms with Crippen LogP contribution in [0.4, 0.5) is 4.39 Å². The van der Waals surface area contributed by atoms with Gasteiger partial charge in [-0.1, -0.05) is 48.5 Å². The van der Waals surface area contributed by atoms with Crippen LogP contribution in [-0.4, -0.2) is 0 Å². The van der Waals surface area contributed by atoms with E-state index in [4.69, 9.17) is 0 Å². The van der Waals surface area contributed by atoms with Crippen LogP contribution in [0.5, 0.6) is 0 Å². The Morgan fingerprint density at radius 1 is 0.800 bits per heavy atom. The summed E-state index contributed by atoms with van der Waals surface area (Å²) >= 11 is 0. The van der Waals surface area contributed by atoms with Crippen LogP contribution in [0.1, 0.15) is 18.1 Å². The molecule has 0 aromatic heterocycles. The van der Waals surface area contributed by atoms with Gasteiger partial charge in [0.1, 0.15) is 0 Å². The second-order valence-corrected chi connectivity index (χ2v) is 4.09. The molecule has 2 aromatic rings. The Kier molecular flexibility index (Phi) is 1.55. The van der Waals surface area contributed by atoms with E-state index >= 15 is 0 Å². The Hall–Kier alpha value is -1.63. The largest absolute Gasteiger partial charge is 0.234 e. The molecule has 0 atom stereocenters. The van der Waals surface area contributed by atoms with Gasteiger partial charge in [0.2, 0.25) is 0 Å². The smallest absolute Gasteiger partial charge is 0.159 e. The first-order chi connectivity index (χ1) is 7.21. The molecule has 2 aromatic carbocycles. The molecule has 0 unspecified atom stereocenters. The zero-order valence-electron chi connectivity index (χ0n) is 8.50. The van der Waals surface area contributed by atoms with Crippen molar-refractivity contribution in [2.45, 2.75) is 12.6 Å². The Morgan fingerprint density at radius 2 is 1.20 bits per heavy atom. The molecular formula is C14H11F. The molecule has 1 aliphatic rings. The van der Waals surface area contributed by atoms with Gasteiger partial charge < -0.3 is 0 Å². The van der Waals surface area contributed by atoms with Gasteiger partial charge >= 0.3 is 0 Å². The predicted molar refractivity (Wildman–Crippen MR) is 59.4 cm³/mol. The molecule has 0 fully saturated rings. The molecule has 0 radical (unpaired) electrons. The molecule has 1 heteroatoms. The third kappa shape index (κ3) is 1.01. The molecule has 0 bridgehead atoms. The van der Waals surface area contributed by atoms with E-state index in [-0.39, 0.29) is 0 Å². The molecule has 0 saturated heterocycles. The summed E-state index contributed by atoms with van der Waals surface area (Å²) in [5.74, 6) is 0. The summed E-state index contributed by atoms with van der Waals surface area (Å²) in [5, 5.41) is 0. The highest BCUT2D eigenvalue weighted by Crippen LogP contribution is 2.49. The van der Waals surface area contributed by atoms with Crippen LogP contribution in [0.15, 0.2) is 48.5 Å². The predicted octanol–water partition coefficient (Wildman–Crippen LogP) is 3.90. The first kappa shape index (κ1) is 8.66. The number of benzene rings is 2. The highest BCUT2D eigenvalue weighted by molar-refractivity contribution is 5.79. The van der Waals surface area contributed by atoms with Crippen molar-refractivity contribution in [2.24, 2.45) is 0 Å². The molecular weight excluding hydrogens is 187 g/mol. The van der Waals surface area contributed by atoms with Crippen LogP contribution in [-0.2, 0) is 5.67 Å². The molecule has 0 N–H and O–H groups in total. The van der Waals surface area contributed by atoms with Gasteiger partial charge in [0, 0.05) is 11.1 Å². The minimum Gasteiger partial charge on any atom is -0.234 e. The zero-order chi connectivity index (χ0) is 10.5. The molecule has 0 spiro atoms. The summed E-state index contributed by atoms with van der Waals surface area (Å²) in [4.78, 5) is 0. The van der Waals surface area contributed by atoms with E-state index < -0.39 is 5.67 Å². The van der Waals surface area contributed by atoms with Crippen LogP contribution < -0.4 is 0 Å². The maximum absolute atomic E-state index is 14.6. The summed E-state index contributed by atoms with van der Waals surface area (Å²) in [5.41, 5.74) is 2.28. The number of hydrogen-bond acceptors (Lipinski definition) is 0. The van der Waals surface area contributed by atoms with E-state index in [9.17, 15) is 4.39 Å². The van der Waals surface area contributed by atoms with Crippen molar-refractivity contribution >= 4 is 0 Å². The summed E-state index contributed by atoms with van der Waals surface area (Å²) in [6.45, 7) is 1.64. The molecule has 3 rings (SSSR count). The molecule has 0 heterocycles. The zero-order valence-corrected chi connectivity index (χ0v) is 8.50. The highest BCUT2D eigenvalue weighted by atomic mass is 19.1. The lowest BCUT2D eigenvalue weighted by molar-refractivity contribution is 0.258. The van der Waals surface area contributed by atoms with Gasteiger partial charge in [-0.05, 0) is 18.1 Å². The van der Waals surface area contributed by atoms with E-state index in [1.54, 1.807) is 6.92 Å². The Bertz CT molecular complexity index is 479. The van der Waals surface area contributed by atoms with Crippen molar-refractivity contribution in [3.63, 3.8) is 0 Å². The average Bonchev–Trinajstić information content (AvgIpc) is 2.51. The van der Waals surface area contributed by atoms with E-state index in [1.165, 1.54) is 0 Å². The second-order valence-electron chi connectivity index (χ2n) is 4.09. The summed E-state index contributed by atoms with van der Waals surface area (Å²) in [6.07, 6.45) is 0. The molecule has 0 amide bonds. The number of fused-ring (bicyclic) bond motifs is 3. The maximum Gasteiger partial charge on any atom is 0.159 e. The maximum atomic E-state index is 14.6. The number of alkyl halides is 1. The number of hydrogen-bond donors (Lipinski definition) is 0. The monoisotopic (exact) mass is 198 g/mol. The van der Waals surface area contributed by atoms with Gasteiger partial charge in [0.15, 0.2) is 5.67 Å². The molecule has 0 saturated carbocycles. The number of halogens is 1. The SMILES string of the molecule is CC1(F)c2ccccc2-c2ccccc21. The van der Waals surface area contributed by atoms with Gasteiger partial charge in [-0.25, -0.2) is 4.39 Å². The van der Waals surface area contributed by atoms with Gasteiger partial charge in [-0.2, -0.15) is 0 Å². The van der Waals surface area contributed by atoms with Crippen molar-refractivity contribution in [2.75, 3.05) is 0 Å². The van der Waals surface area contributed by atoms with Gasteiger partial charge in [0.25, 0.3) is 0 Å². The van der Waals surface area contributed by atoms with Gasteiger partial charge in [0.05, 0.1) is 0 Å². The van der Waals surface area contributed by atoms with E-state index in [0.717, 1.165) is 22.3 Å². The van der Waals surface area contributed by atoms with Crippen molar-refractivity contribution in [1.82, 2.24) is 0 Å². The molecule has 0 aliphatic heterocycles. The topological polar surface area (TPSA) is 0 Å². The van der Waals surface area contributed by atoms with Crippen molar-refractivity contribution in [1.29, 1.82) is 0 Å². The Labute approximate surface area is 88.4 Å². The standard InChI is InChI=1S/C14H11F/c1-14(15)12-8-4-2-6-10(12)11-7-3-5-9-13(11)14/h2-9H,1H3. The van der Waals surface area contributed by atoms with Crippen LogP contribution in [0.2, 0.25) is 0 Å². The second kappa shape index (κ2) is 2.69. The lowest BCUT2D eigenvalue weighted by Gasteiger charge is -2.16. The fourth-order valence-electron chi connectivity index (χ4n) is 2.40. The van der Waals surface area contributed by atoms with Crippen molar-refractivity contribution in [3.8, 4) is 11.1 Å². The summed E-state index contributed by atoms with van der Waals surface area (Å²) in [7, 11) is 0. The van der Waals surface area contributed by atoms with Crippen LogP contribution in [0.25, 0.3) is 11.1 Å². The minimum absolute atomic E-state index is 0.784. The third-order valence-electron chi connectivity index (χ3n) is 3.16. The summed E-state index contributed by atoms with van der Waals surface area (Å²) in [6, 6.07) is 15.4. The Balaban J connectivity index is 2.42. The molecule has 74 valence electrons. The van der Waals surface area contributed by atoms with Gasteiger partial charge in [-0.15, -0.1) is 0 Å². The fourth-order valence-corrected chi connectivity index (χ4v) is 2.40. The minimum atomic E-state index is -1.34. The quantitative estimate of drug-likeness (QED) is 0.602. The molecule has 15 heavy (non-hydrogen) atoms. The van der Waals surface area contributed by atoms with Crippen molar-refractivity contribution < 1.29 is 4.39 Å². The van der Waals surface area contributed by atoms with Crippen LogP contribution in [0, 0.1) is 0 Å². The van der Waals surface area contributed by atoms with E-state index in [1.807, 2.05) is 48.5 Å². The molecule has 0 nitrogen and oxygen atoms in total. The average molecular weight is 198 g/mol. The molecule has 1 aliphatic carbocycles. The summed E-state index contributed by atoms with van der Waals surface area (Å²) < 4.78 is 14.6. The number of rotatable bonds is 0. The van der Waals surface area contributed by atoms with Gasteiger partial charge in [-0.3, -0.25) is 0 Å². The first-order valence-corrected chi connectivity index (χ1v) is 5.09. The van der Waals surface area contributed by atoms with E-state index in [2.05, 4.69) is 0 Å². The van der Waals surface area contributed by atoms with E-state index in [0.29, 0.717) is 0 Å². The van der Waals surface area contributed by atoms with Crippen molar-refractivity contribution in [3.05, 3.63) is 59.7 Å². The first-order valence-electron chi connectivity index (χ1n) is 5.09. The lowest BCUT2D eigenvalue weighted by Crippen LogP contribution is -2.12. The van der Waals surface area contributed by atoms with Crippen LogP contribution >= 0.6 is 0 Å². The Morgan fingerprint density at radius 3 is 1.67 bits per heavy atom. The van der Waals surface area contributed by atoms with Crippen LogP contribution in [0.3, 0.4) is 0 Å². The lowest BCUT2D eigenvalue weighted by atomic mass is 9.96.